The van der Waals surface area contributed by atoms with Crippen molar-refractivity contribution in [1.29, 1.82) is 0 Å². The Hall–Kier alpha value is -2.41. The number of hydrogen-bond acceptors (Lipinski definition) is 4. The lowest BCUT2D eigenvalue weighted by Crippen LogP contribution is -2.68. The molecule has 1 saturated carbocycles. The number of aryl methyl sites for hydroxylation is 1. The van der Waals surface area contributed by atoms with Crippen molar-refractivity contribution in [2.24, 2.45) is 5.41 Å². The third-order valence-corrected chi connectivity index (χ3v) is 14.1. The second-order valence-electron chi connectivity index (χ2n) is 12.1. The van der Waals surface area contributed by atoms with E-state index in [4.69, 9.17) is 9.16 Å². The summed E-state index contributed by atoms with van der Waals surface area (Å²) in [5, 5.41) is 6.09. The largest absolute Gasteiger partial charge is 0.466 e. The molecule has 0 amide bonds. The number of ether oxygens (including phenoxy) is 1. The molecule has 4 rings (SSSR count). The summed E-state index contributed by atoms with van der Waals surface area (Å²) in [5.74, 6) is -0.0618. The molecule has 0 spiro atoms. The first-order chi connectivity index (χ1) is 19.1. The lowest BCUT2D eigenvalue weighted by molar-refractivity contribution is -0.159. The molecule has 3 aromatic carbocycles. The minimum Gasteiger partial charge on any atom is -0.466 e. The zero-order valence-electron chi connectivity index (χ0n) is 24.6. The van der Waals surface area contributed by atoms with E-state index in [2.05, 4.69) is 122 Å². The molecule has 4 nitrogen and oxygen atoms in total. The average Bonchev–Trinajstić information content (AvgIpc) is 2.94. The van der Waals surface area contributed by atoms with Gasteiger partial charge in [0, 0.05) is 22.8 Å². The van der Waals surface area contributed by atoms with Crippen LogP contribution >= 0.6 is 15.9 Å². The van der Waals surface area contributed by atoms with Gasteiger partial charge in [0.1, 0.15) is 0 Å². The highest BCUT2D eigenvalue weighted by Crippen LogP contribution is 2.45. The van der Waals surface area contributed by atoms with Gasteiger partial charge < -0.3 is 14.5 Å². The number of esters is 1. The van der Waals surface area contributed by atoms with E-state index in [1.165, 1.54) is 15.9 Å². The van der Waals surface area contributed by atoms with Gasteiger partial charge in [0.25, 0.3) is 8.32 Å². The highest BCUT2D eigenvalue weighted by Gasteiger charge is 2.53. The number of rotatable bonds is 10. The predicted octanol–water partition coefficient (Wildman–Crippen LogP) is 7.63. The third-order valence-electron chi connectivity index (χ3n) is 8.47. The number of carbonyl (C=O) groups is 1. The van der Waals surface area contributed by atoms with E-state index in [1.807, 2.05) is 13.0 Å². The topological polar surface area (TPSA) is 47.6 Å². The van der Waals surface area contributed by atoms with Crippen molar-refractivity contribution in [1.82, 2.24) is 0 Å². The Morgan fingerprint density at radius 3 is 2.05 bits per heavy atom. The molecule has 1 aliphatic carbocycles. The van der Waals surface area contributed by atoms with Crippen LogP contribution in [0.4, 0.5) is 5.69 Å². The van der Waals surface area contributed by atoms with Crippen molar-refractivity contribution in [3.05, 3.63) is 88.9 Å². The van der Waals surface area contributed by atoms with Gasteiger partial charge in [-0.1, -0.05) is 97.4 Å². The van der Waals surface area contributed by atoms with Crippen LogP contribution in [-0.2, 0) is 14.0 Å². The summed E-state index contributed by atoms with van der Waals surface area (Å²) in [4.78, 5) is 13.4. The molecule has 40 heavy (non-hydrogen) atoms. The van der Waals surface area contributed by atoms with Gasteiger partial charge in [-0.3, -0.25) is 4.79 Å². The van der Waals surface area contributed by atoms with Gasteiger partial charge in [-0.15, -0.1) is 0 Å². The number of hydrogen-bond donors (Lipinski definition) is 1. The third kappa shape index (κ3) is 6.56. The molecule has 1 aliphatic rings. The highest BCUT2D eigenvalue weighted by atomic mass is 79.9. The Morgan fingerprint density at radius 1 is 0.975 bits per heavy atom. The first kappa shape index (κ1) is 30.5. The zero-order chi connectivity index (χ0) is 28.8. The number of benzene rings is 3. The molecule has 0 heterocycles. The van der Waals surface area contributed by atoms with E-state index < -0.39 is 13.7 Å². The monoisotopic (exact) mass is 621 g/mol. The van der Waals surface area contributed by atoms with Crippen molar-refractivity contribution in [2.75, 3.05) is 18.5 Å². The maximum atomic E-state index is 13.4. The molecule has 0 atom stereocenters. The number of nitrogens with one attached hydrogen (secondary N) is 1. The number of carbonyl (C=O) groups excluding carboxylic acids is 1. The van der Waals surface area contributed by atoms with Crippen LogP contribution in [0.1, 0.15) is 65.4 Å². The van der Waals surface area contributed by atoms with Crippen LogP contribution in [0, 0.1) is 12.3 Å². The van der Waals surface area contributed by atoms with Crippen molar-refractivity contribution in [3.8, 4) is 0 Å². The molecule has 1 fully saturated rings. The summed E-state index contributed by atoms with van der Waals surface area (Å²) in [6, 6.07) is 27.9. The Balaban J connectivity index is 1.56. The van der Waals surface area contributed by atoms with Gasteiger partial charge in [-0.2, -0.15) is 0 Å². The van der Waals surface area contributed by atoms with E-state index in [0.717, 1.165) is 48.8 Å². The Kier molecular flexibility index (Phi) is 9.96. The van der Waals surface area contributed by atoms with Crippen LogP contribution in [0.5, 0.6) is 0 Å². The summed E-state index contributed by atoms with van der Waals surface area (Å²) >= 11 is 3.54. The fraction of sp³-hybridized carbons (Fsp3) is 0.441. The predicted molar refractivity (Wildman–Crippen MR) is 172 cm³/mol. The van der Waals surface area contributed by atoms with Gasteiger partial charge in [-0.25, -0.2) is 0 Å². The van der Waals surface area contributed by atoms with Gasteiger partial charge in [0.15, 0.2) is 0 Å². The lowest BCUT2D eigenvalue weighted by atomic mass is 9.71. The van der Waals surface area contributed by atoms with Gasteiger partial charge >= 0.3 is 5.97 Å². The second kappa shape index (κ2) is 13.0. The molecule has 3 aromatic rings. The Labute approximate surface area is 250 Å². The summed E-state index contributed by atoms with van der Waals surface area (Å²) in [6.45, 7) is 12.1. The van der Waals surface area contributed by atoms with Crippen LogP contribution in [0.2, 0.25) is 5.04 Å². The second-order valence-corrected chi connectivity index (χ2v) is 17.3. The van der Waals surface area contributed by atoms with Gasteiger partial charge in [0.05, 0.1) is 12.0 Å². The molecule has 0 aromatic heterocycles. The van der Waals surface area contributed by atoms with Crippen LogP contribution < -0.4 is 15.7 Å². The smallest absolute Gasteiger partial charge is 0.312 e. The molecular weight excluding hydrogens is 578 g/mol. The normalized spacial score (nSPS) is 19.7. The van der Waals surface area contributed by atoms with Crippen LogP contribution in [0.25, 0.3) is 0 Å². The fourth-order valence-electron chi connectivity index (χ4n) is 6.31. The summed E-state index contributed by atoms with van der Waals surface area (Å²) in [6.07, 6.45) is 4.08. The number of anilines is 1. The molecular formula is C34H44BrNO3Si. The molecule has 0 unspecified atom stereocenters. The maximum absolute atomic E-state index is 13.4. The summed E-state index contributed by atoms with van der Waals surface area (Å²) < 4.78 is 14.1. The first-order valence-corrected chi connectivity index (χ1v) is 17.3. The molecule has 0 saturated heterocycles. The first-order valence-electron chi connectivity index (χ1n) is 14.6. The standard InChI is InChI=1S/C34H44BrNO3Si/c1-6-38-32(37)34(23-24-36-31-18-17-27(35)25-26(31)2)21-19-28(20-22-34)39-40(33(3,4)5,29-13-9-7-10-14-29)30-15-11-8-12-16-30/h7-18,25,28,36H,6,19-24H2,1-5H3. The number of halogens is 1. The Bertz CT molecular complexity index is 1210. The van der Waals surface area contributed by atoms with E-state index >= 15 is 0 Å². The van der Waals surface area contributed by atoms with Crippen LogP contribution in [0.3, 0.4) is 0 Å². The average molecular weight is 623 g/mol. The van der Waals surface area contributed by atoms with E-state index in [1.54, 1.807) is 0 Å². The molecule has 6 heteroatoms. The van der Waals surface area contributed by atoms with E-state index in [0.29, 0.717) is 6.61 Å². The van der Waals surface area contributed by atoms with E-state index in [9.17, 15) is 4.79 Å². The SMILES string of the molecule is CCOC(=O)C1(CCNc2ccc(Br)cc2C)CCC(O[Si](c2ccccc2)(c2ccccc2)C(C)(C)C)CC1. The molecule has 214 valence electrons. The van der Waals surface area contributed by atoms with Crippen LogP contribution in [-0.4, -0.2) is 33.5 Å². The highest BCUT2D eigenvalue weighted by molar-refractivity contribution is 9.10. The van der Waals surface area contributed by atoms with Gasteiger partial charge in [0.2, 0.25) is 0 Å². The van der Waals surface area contributed by atoms with E-state index in [-0.39, 0.29) is 17.1 Å². The van der Waals surface area contributed by atoms with Crippen molar-refractivity contribution in [2.45, 2.75) is 77.9 Å². The summed E-state index contributed by atoms with van der Waals surface area (Å²) in [7, 11) is -2.64. The minimum absolute atomic E-state index is 0.0618. The molecule has 0 bridgehead atoms. The molecule has 0 radical (unpaired) electrons. The summed E-state index contributed by atoms with van der Waals surface area (Å²) in [5.41, 5.74) is 1.80. The Morgan fingerprint density at radius 2 is 1.55 bits per heavy atom. The van der Waals surface area contributed by atoms with Crippen LogP contribution in [0.15, 0.2) is 83.3 Å². The van der Waals surface area contributed by atoms with Crippen molar-refractivity contribution >= 4 is 46.3 Å². The minimum atomic E-state index is -2.64. The lowest BCUT2D eigenvalue weighted by Gasteiger charge is -2.47. The molecule has 0 aliphatic heterocycles. The fourth-order valence-corrected chi connectivity index (χ4v) is 11.5. The molecule has 1 N–H and O–H groups in total. The van der Waals surface area contributed by atoms with Gasteiger partial charge in [-0.05, 0) is 85.1 Å². The van der Waals surface area contributed by atoms with Crippen molar-refractivity contribution < 1.29 is 14.0 Å². The van der Waals surface area contributed by atoms with Crippen molar-refractivity contribution in [3.63, 3.8) is 0 Å². The quantitative estimate of drug-likeness (QED) is 0.187. The zero-order valence-corrected chi connectivity index (χ0v) is 27.2. The maximum Gasteiger partial charge on any atom is 0.312 e.